The highest BCUT2D eigenvalue weighted by Gasteiger charge is 2.40. The topological polar surface area (TPSA) is 15.3 Å². The second-order valence-corrected chi connectivity index (χ2v) is 4.28. The van der Waals surface area contributed by atoms with Crippen LogP contribution in [0.4, 0.5) is 0 Å². The Kier molecular flexibility index (Phi) is 1.69. The standard InChI is InChI=1S/C9H18N2/c1-8-6-10-9(4-3-5-9)7-11(8)2/h8,10H,3-7H2,1-2H3/t8-/m0/s1. The third-order valence-corrected chi connectivity index (χ3v) is 3.39. The molecule has 0 radical (unpaired) electrons. The Balaban J connectivity index is 1.97. The molecular formula is C9H18N2. The van der Waals surface area contributed by atoms with E-state index < -0.39 is 0 Å². The average Bonchev–Trinajstić information content (AvgIpc) is 1.92. The molecule has 11 heavy (non-hydrogen) atoms. The van der Waals surface area contributed by atoms with Gasteiger partial charge in [-0.1, -0.05) is 0 Å². The van der Waals surface area contributed by atoms with Crippen molar-refractivity contribution in [2.24, 2.45) is 0 Å². The second kappa shape index (κ2) is 2.46. The lowest BCUT2D eigenvalue weighted by atomic mass is 9.75. The van der Waals surface area contributed by atoms with Crippen LogP contribution in [-0.4, -0.2) is 36.6 Å². The van der Waals surface area contributed by atoms with Crippen molar-refractivity contribution in [3.63, 3.8) is 0 Å². The summed E-state index contributed by atoms with van der Waals surface area (Å²) in [5.41, 5.74) is 0.529. The number of hydrogen-bond acceptors (Lipinski definition) is 2. The molecule has 1 atom stereocenters. The first-order valence-corrected chi connectivity index (χ1v) is 4.67. The third kappa shape index (κ3) is 1.18. The molecule has 0 unspecified atom stereocenters. The molecule has 0 aromatic rings. The van der Waals surface area contributed by atoms with Crippen LogP contribution in [0.3, 0.4) is 0 Å². The molecule has 2 fully saturated rings. The van der Waals surface area contributed by atoms with Gasteiger partial charge in [0.25, 0.3) is 0 Å². The van der Waals surface area contributed by atoms with E-state index in [1.54, 1.807) is 0 Å². The van der Waals surface area contributed by atoms with Crippen LogP contribution in [-0.2, 0) is 0 Å². The molecular weight excluding hydrogens is 136 g/mol. The SMILES string of the molecule is C[C@H]1CNC2(CCC2)CN1C. The van der Waals surface area contributed by atoms with Crippen molar-refractivity contribution in [3.05, 3.63) is 0 Å². The molecule has 1 aliphatic carbocycles. The Bertz CT molecular complexity index is 152. The van der Waals surface area contributed by atoms with Gasteiger partial charge < -0.3 is 10.2 Å². The molecule has 0 bridgehead atoms. The van der Waals surface area contributed by atoms with Gasteiger partial charge in [0.05, 0.1) is 0 Å². The first kappa shape index (κ1) is 7.56. The van der Waals surface area contributed by atoms with Gasteiger partial charge in [0.1, 0.15) is 0 Å². The van der Waals surface area contributed by atoms with Crippen LogP contribution in [0.25, 0.3) is 0 Å². The zero-order chi connectivity index (χ0) is 7.90. The maximum atomic E-state index is 3.67. The predicted octanol–water partition coefficient (Wildman–Crippen LogP) is 0.833. The highest BCUT2D eigenvalue weighted by molar-refractivity contribution is 5.01. The van der Waals surface area contributed by atoms with Crippen molar-refractivity contribution in [2.75, 3.05) is 20.1 Å². The van der Waals surface area contributed by atoms with Crippen molar-refractivity contribution in [1.82, 2.24) is 10.2 Å². The van der Waals surface area contributed by atoms with E-state index >= 15 is 0 Å². The van der Waals surface area contributed by atoms with Gasteiger partial charge in [-0.25, -0.2) is 0 Å². The largest absolute Gasteiger partial charge is 0.308 e. The molecule has 1 saturated carbocycles. The lowest BCUT2D eigenvalue weighted by molar-refractivity contribution is 0.0565. The molecule has 0 amide bonds. The minimum Gasteiger partial charge on any atom is -0.308 e. The summed E-state index contributed by atoms with van der Waals surface area (Å²) in [7, 11) is 2.24. The molecule has 2 nitrogen and oxygen atoms in total. The van der Waals surface area contributed by atoms with Crippen LogP contribution in [0.15, 0.2) is 0 Å². The molecule has 1 aliphatic heterocycles. The molecule has 64 valence electrons. The van der Waals surface area contributed by atoms with Crippen molar-refractivity contribution in [2.45, 2.75) is 37.8 Å². The van der Waals surface area contributed by atoms with Crippen LogP contribution in [0.2, 0.25) is 0 Å². The highest BCUT2D eigenvalue weighted by Crippen LogP contribution is 2.34. The summed E-state index contributed by atoms with van der Waals surface area (Å²) in [6.07, 6.45) is 4.21. The molecule has 2 aliphatic rings. The second-order valence-electron chi connectivity index (χ2n) is 4.28. The Morgan fingerprint density at radius 3 is 2.64 bits per heavy atom. The number of rotatable bonds is 0. The van der Waals surface area contributed by atoms with Gasteiger partial charge in [-0.05, 0) is 33.2 Å². The third-order valence-electron chi connectivity index (χ3n) is 3.39. The van der Waals surface area contributed by atoms with E-state index in [1.165, 1.54) is 32.4 Å². The highest BCUT2D eigenvalue weighted by atomic mass is 15.2. The first-order chi connectivity index (χ1) is 5.22. The van der Waals surface area contributed by atoms with Gasteiger partial charge in [-0.3, -0.25) is 0 Å². The van der Waals surface area contributed by atoms with E-state index in [0.29, 0.717) is 5.54 Å². The monoisotopic (exact) mass is 154 g/mol. The van der Waals surface area contributed by atoms with Gasteiger partial charge >= 0.3 is 0 Å². The molecule has 2 heteroatoms. The normalized spacial score (nSPS) is 37.1. The Labute approximate surface area is 69.0 Å². The lowest BCUT2D eigenvalue weighted by Crippen LogP contribution is -2.65. The molecule has 2 rings (SSSR count). The zero-order valence-electron chi connectivity index (χ0n) is 7.56. The first-order valence-electron chi connectivity index (χ1n) is 4.67. The van der Waals surface area contributed by atoms with Gasteiger partial charge in [0.15, 0.2) is 0 Å². The number of likely N-dealkylation sites (N-methyl/N-ethyl adjacent to an activating group) is 1. The Morgan fingerprint density at radius 1 is 1.45 bits per heavy atom. The van der Waals surface area contributed by atoms with Crippen LogP contribution in [0, 0.1) is 0 Å². The van der Waals surface area contributed by atoms with Crippen molar-refractivity contribution in [1.29, 1.82) is 0 Å². The van der Waals surface area contributed by atoms with Crippen LogP contribution >= 0.6 is 0 Å². The summed E-state index contributed by atoms with van der Waals surface area (Å²) in [6.45, 7) is 4.73. The number of nitrogens with one attached hydrogen (secondary N) is 1. The summed E-state index contributed by atoms with van der Waals surface area (Å²) < 4.78 is 0. The molecule has 1 N–H and O–H groups in total. The fourth-order valence-corrected chi connectivity index (χ4v) is 2.15. The van der Waals surface area contributed by atoms with Crippen molar-refractivity contribution < 1.29 is 0 Å². The summed E-state index contributed by atoms with van der Waals surface area (Å²) >= 11 is 0. The average molecular weight is 154 g/mol. The number of piperazine rings is 1. The maximum absolute atomic E-state index is 3.67. The minimum atomic E-state index is 0.529. The van der Waals surface area contributed by atoms with E-state index in [-0.39, 0.29) is 0 Å². The summed E-state index contributed by atoms with van der Waals surface area (Å²) in [6, 6.07) is 0.723. The van der Waals surface area contributed by atoms with E-state index in [1.807, 2.05) is 0 Å². The van der Waals surface area contributed by atoms with Gasteiger partial charge in [-0.15, -0.1) is 0 Å². The molecule has 0 aromatic carbocycles. The number of hydrogen-bond donors (Lipinski definition) is 1. The van der Waals surface area contributed by atoms with Gasteiger partial charge in [0.2, 0.25) is 0 Å². The van der Waals surface area contributed by atoms with E-state index in [0.717, 1.165) is 6.04 Å². The summed E-state index contributed by atoms with van der Waals surface area (Å²) in [4.78, 5) is 2.48. The zero-order valence-corrected chi connectivity index (χ0v) is 7.56. The Hall–Kier alpha value is -0.0800. The lowest BCUT2D eigenvalue weighted by Gasteiger charge is -2.51. The maximum Gasteiger partial charge on any atom is 0.0309 e. The van der Waals surface area contributed by atoms with Gasteiger partial charge in [-0.2, -0.15) is 0 Å². The molecule has 1 heterocycles. The Morgan fingerprint density at radius 2 is 2.18 bits per heavy atom. The fourth-order valence-electron chi connectivity index (χ4n) is 2.15. The molecule has 1 saturated heterocycles. The number of nitrogens with zero attached hydrogens (tertiary/aromatic N) is 1. The predicted molar refractivity (Wildman–Crippen MR) is 46.7 cm³/mol. The smallest absolute Gasteiger partial charge is 0.0309 e. The van der Waals surface area contributed by atoms with E-state index in [9.17, 15) is 0 Å². The molecule has 0 aromatic heterocycles. The summed E-state index contributed by atoms with van der Waals surface area (Å²) in [5.74, 6) is 0. The van der Waals surface area contributed by atoms with Crippen LogP contribution < -0.4 is 5.32 Å². The van der Waals surface area contributed by atoms with E-state index in [4.69, 9.17) is 0 Å². The van der Waals surface area contributed by atoms with Crippen LogP contribution in [0.1, 0.15) is 26.2 Å². The quantitative estimate of drug-likeness (QED) is 0.556. The van der Waals surface area contributed by atoms with Crippen molar-refractivity contribution in [3.8, 4) is 0 Å². The van der Waals surface area contributed by atoms with Crippen LogP contribution in [0.5, 0.6) is 0 Å². The minimum absolute atomic E-state index is 0.529. The molecule has 1 spiro atoms. The fraction of sp³-hybridized carbons (Fsp3) is 1.00. The van der Waals surface area contributed by atoms with Gasteiger partial charge in [0, 0.05) is 24.7 Å². The van der Waals surface area contributed by atoms with E-state index in [2.05, 4.69) is 24.2 Å². The van der Waals surface area contributed by atoms with Crippen molar-refractivity contribution >= 4 is 0 Å². The summed E-state index contributed by atoms with van der Waals surface area (Å²) in [5, 5.41) is 3.67.